The number of anilines is 1. The predicted molar refractivity (Wildman–Crippen MR) is 91.0 cm³/mol. The second-order valence-electron chi connectivity index (χ2n) is 5.56. The number of hydrogen-bond acceptors (Lipinski definition) is 4. The quantitative estimate of drug-likeness (QED) is 0.508. The van der Waals surface area contributed by atoms with Crippen LogP contribution in [0.25, 0.3) is 21.9 Å². The van der Waals surface area contributed by atoms with Crippen LogP contribution in [-0.4, -0.2) is 20.1 Å². The lowest BCUT2D eigenvalue weighted by atomic mass is 10.1. The molecule has 0 amide bonds. The molecule has 0 aliphatic rings. The smallest absolute Gasteiger partial charge is 0.133 e. The first kappa shape index (κ1) is 13.7. The maximum Gasteiger partial charge on any atom is 0.133 e. The van der Waals surface area contributed by atoms with Crippen LogP contribution in [0.1, 0.15) is 17.1 Å². The van der Waals surface area contributed by atoms with E-state index in [2.05, 4.69) is 9.97 Å². The summed E-state index contributed by atoms with van der Waals surface area (Å²) in [5, 5.41) is 10.4. The second kappa shape index (κ2) is 5.37. The number of nitrogens with zero attached hydrogens (tertiary/aromatic N) is 2. The Morgan fingerprint density at radius 3 is 2.57 bits per heavy atom. The molecule has 5 nitrogen and oxygen atoms in total. The van der Waals surface area contributed by atoms with Crippen LogP contribution in [0.3, 0.4) is 0 Å². The molecule has 114 valence electrons. The van der Waals surface area contributed by atoms with Crippen molar-refractivity contribution in [2.75, 3.05) is 5.73 Å². The van der Waals surface area contributed by atoms with Gasteiger partial charge < -0.3 is 15.8 Å². The van der Waals surface area contributed by atoms with E-state index in [0.29, 0.717) is 12.2 Å². The zero-order valence-electron chi connectivity index (χ0n) is 12.5. The average Bonchev–Trinajstić information content (AvgIpc) is 3.02. The van der Waals surface area contributed by atoms with E-state index in [1.165, 1.54) is 0 Å². The second-order valence-corrected chi connectivity index (χ2v) is 5.56. The standard InChI is InChI=1S/C18H16N4O/c19-12-7-5-11(6-8-12)9-15-18-17(21-16(10-23)22-18)13-3-1-2-4-14(13)20-15/h1-8,23H,9-10,19H2,(H,21,22). The third-order valence-corrected chi connectivity index (χ3v) is 3.96. The van der Waals surface area contributed by atoms with Crippen molar-refractivity contribution in [1.29, 1.82) is 0 Å². The summed E-state index contributed by atoms with van der Waals surface area (Å²) < 4.78 is 0. The van der Waals surface area contributed by atoms with Crippen LogP contribution in [0.4, 0.5) is 5.69 Å². The van der Waals surface area contributed by atoms with Gasteiger partial charge in [0, 0.05) is 17.5 Å². The van der Waals surface area contributed by atoms with Crippen LogP contribution in [0.2, 0.25) is 0 Å². The van der Waals surface area contributed by atoms with Gasteiger partial charge in [-0.15, -0.1) is 0 Å². The molecule has 0 radical (unpaired) electrons. The van der Waals surface area contributed by atoms with Crippen LogP contribution < -0.4 is 5.73 Å². The number of pyridine rings is 1. The van der Waals surface area contributed by atoms with E-state index in [0.717, 1.165) is 38.9 Å². The Balaban J connectivity index is 1.92. The number of benzene rings is 2. The molecule has 4 N–H and O–H groups in total. The number of nitrogens with two attached hydrogens (primary N) is 1. The molecular weight excluding hydrogens is 288 g/mol. The molecule has 0 bridgehead atoms. The van der Waals surface area contributed by atoms with Crippen molar-refractivity contribution in [2.45, 2.75) is 13.0 Å². The van der Waals surface area contributed by atoms with E-state index < -0.39 is 0 Å². The van der Waals surface area contributed by atoms with Gasteiger partial charge in [-0.1, -0.05) is 30.3 Å². The van der Waals surface area contributed by atoms with Crippen LogP contribution in [0, 0.1) is 0 Å². The Morgan fingerprint density at radius 1 is 1.00 bits per heavy atom. The van der Waals surface area contributed by atoms with Gasteiger partial charge in [-0.05, 0) is 23.8 Å². The molecule has 5 heteroatoms. The van der Waals surface area contributed by atoms with Crippen LogP contribution in [0.5, 0.6) is 0 Å². The van der Waals surface area contributed by atoms with Gasteiger partial charge in [0.25, 0.3) is 0 Å². The molecule has 4 rings (SSSR count). The highest BCUT2D eigenvalue weighted by Crippen LogP contribution is 2.26. The van der Waals surface area contributed by atoms with Crippen molar-refractivity contribution in [3.05, 3.63) is 65.6 Å². The number of imidazole rings is 1. The molecule has 2 aromatic carbocycles. The van der Waals surface area contributed by atoms with Crippen LogP contribution in [0.15, 0.2) is 48.5 Å². The zero-order valence-corrected chi connectivity index (χ0v) is 12.5. The monoisotopic (exact) mass is 304 g/mol. The molecule has 0 atom stereocenters. The number of aromatic nitrogens is 3. The fourth-order valence-electron chi connectivity index (χ4n) is 2.83. The third kappa shape index (κ3) is 2.41. The van der Waals surface area contributed by atoms with Crippen LogP contribution >= 0.6 is 0 Å². The maximum absolute atomic E-state index is 9.39. The number of H-pyrrole nitrogens is 1. The summed E-state index contributed by atoms with van der Waals surface area (Å²) in [5.74, 6) is 0.553. The van der Waals surface area contributed by atoms with E-state index in [9.17, 15) is 5.11 Å². The Bertz CT molecular complexity index is 989. The topological polar surface area (TPSA) is 87.8 Å². The first-order chi connectivity index (χ1) is 11.2. The van der Waals surface area contributed by atoms with E-state index >= 15 is 0 Å². The minimum absolute atomic E-state index is 0.121. The van der Waals surface area contributed by atoms with E-state index in [1.54, 1.807) is 0 Å². The van der Waals surface area contributed by atoms with Crippen molar-refractivity contribution < 1.29 is 5.11 Å². The van der Waals surface area contributed by atoms with Crippen molar-refractivity contribution in [3.8, 4) is 0 Å². The number of fused-ring (bicyclic) bond motifs is 3. The summed E-state index contributed by atoms with van der Waals surface area (Å²) in [6, 6.07) is 15.7. The Hall–Kier alpha value is -2.92. The molecule has 0 saturated carbocycles. The van der Waals surface area contributed by atoms with Crippen molar-refractivity contribution >= 4 is 27.6 Å². The first-order valence-corrected chi connectivity index (χ1v) is 7.46. The third-order valence-electron chi connectivity index (χ3n) is 3.96. The number of aromatic amines is 1. The van der Waals surface area contributed by atoms with Gasteiger partial charge in [-0.3, -0.25) is 4.98 Å². The number of hydrogen-bond donors (Lipinski definition) is 3. The molecule has 0 saturated heterocycles. The number of nitrogen functional groups attached to an aromatic ring is 1. The number of aliphatic hydroxyl groups is 1. The van der Waals surface area contributed by atoms with Crippen molar-refractivity contribution in [1.82, 2.24) is 15.0 Å². The Labute approximate surface area is 132 Å². The molecular formula is C18H16N4O. The predicted octanol–water partition coefficient (Wildman–Crippen LogP) is 2.78. The van der Waals surface area contributed by atoms with Crippen LogP contribution in [-0.2, 0) is 13.0 Å². The lowest BCUT2D eigenvalue weighted by molar-refractivity contribution is 0.273. The molecule has 0 unspecified atom stereocenters. The number of rotatable bonds is 3. The molecule has 0 aliphatic carbocycles. The normalized spacial score (nSPS) is 11.3. The Morgan fingerprint density at radius 2 is 1.78 bits per heavy atom. The van der Waals surface area contributed by atoms with Gasteiger partial charge >= 0.3 is 0 Å². The first-order valence-electron chi connectivity index (χ1n) is 7.46. The minimum atomic E-state index is -0.121. The highest BCUT2D eigenvalue weighted by molar-refractivity contribution is 6.03. The molecule has 0 spiro atoms. The molecule has 2 aromatic heterocycles. The van der Waals surface area contributed by atoms with E-state index in [4.69, 9.17) is 10.7 Å². The zero-order chi connectivity index (χ0) is 15.8. The van der Waals surface area contributed by atoms with Gasteiger partial charge in [-0.2, -0.15) is 0 Å². The highest BCUT2D eigenvalue weighted by Gasteiger charge is 2.13. The van der Waals surface area contributed by atoms with Crippen molar-refractivity contribution in [2.24, 2.45) is 0 Å². The lowest BCUT2D eigenvalue weighted by Gasteiger charge is -2.06. The Kier molecular flexibility index (Phi) is 3.20. The number of para-hydroxylation sites is 1. The van der Waals surface area contributed by atoms with Crippen molar-refractivity contribution in [3.63, 3.8) is 0 Å². The lowest BCUT2D eigenvalue weighted by Crippen LogP contribution is -1.96. The summed E-state index contributed by atoms with van der Waals surface area (Å²) >= 11 is 0. The molecule has 0 fully saturated rings. The molecule has 4 aromatic rings. The fraction of sp³-hybridized carbons (Fsp3) is 0.111. The minimum Gasteiger partial charge on any atom is -0.399 e. The van der Waals surface area contributed by atoms with Gasteiger partial charge in [0.2, 0.25) is 0 Å². The van der Waals surface area contributed by atoms with Gasteiger partial charge in [0.1, 0.15) is 12.4 Å². The molecule has 23 heavy (non-hydrogen) atoms. The molecule has 2 heterocycles. The largest absolute Gasteiger partial charge is 0.399 e. The highest BCUT2D eigenvalue weighted by atomic mass is 16.3. The van der Waals surface area contributed by atoms with Gasteiger partial charge in [0.05, 0.1) is 22.2 Å². The summed E-state index contributed by atoms with van der Waals surface area (Å²) in [4.78, 5) is 12.5. The van der Waals surface area contributed by atoms with E-state index in [-0.39, 0.29) is 6.61 Å². The fourth-order valence-corrected chi connectivity index (χ4v) is 2.83. The number of nitrogens with one attached hydrogen (secondary N) is 1. The maximum atomic E-state index is 9.39. The number of aliphatic hydroxyl groups excluding tert-OH is 1. The summed E-state index contributed by atoms with van der Waals surface area (Å²) in [5.41, 5.74) is 11.2. The van der Waals surface area contributed by atoms with E-state index in [1.807, 2.05) is 48.5 Å². The SMILES string of the molecule is Nc1ccc(Cc2nc3ccccc3c3nc(CO)[nH]c23)cc1. The summed E-state index contributed by atoms with van der Waals surface area (Å²) in [6.07, 6.45) is 0.675. The average molecular weight is 304 g/mol. The summed E-state index contributed by atoms with van der Waals surface area (Å²) in [7, 11) is 0. The molecule has 0 aliphatic heterocycles. The van der Waals surface area contributed by atoms with Gasteiger partial charge in [0.15, 0.2) is 0 Å². The van der Waals surface area contributed by atoms with Gasteiger partial charge in [-0.25, -0.2) is 4.98 Å². The summed E-state index contributed by atoms with van der Waals surface area (Å²) in [6.45, 7) is -0.121.